The van der Waals surface area contributed by atoms with Crippen LogP contribution in [0.15, 0.2) is 28.8 Å². The maximum Gasteiger partial charge on any atom is 0.165 e. The molecule has 0 amide bonds. The minimum Gasteiger partial charge on any atom is -0.505 e. The fraction of sp³-hybridized carbons (Fsp3) is 0.467. The smallest absolute Gasteiger partial charge is 0.165 e. The van der Waals surface area contributed by atoms with Gasteiger partial charge in [-0.1, -0.05) is 21.5 Å². The van der Waals surface area contributed by atoms with Crippen LogP contribution in [-0.2, 0) is 0 Å². The van der Waals surface area contributed by atoms with Crippen LogP contribution in [0.25, 0.3) is 0 Å². The van der Waals surface area contributed by atoms with Gasteiger partial charge < -0.3 is 10.4 Å². The standard InChI is InChI=1S/C15H20BrFN2O.2ClH/c1-10(2)9-13(19-7-5-18-6-8-19)14-11(16)3-4-12(17)15(14)20;;/h3-4,13,18,20H,1,5-9H2,2H3;2*1H/t13-;;/m0../s1. The zero-order valence-corrected chi connectivity index (χ0v) is 15.7. The second-order valence-corrected chi connectivity index (χ2v) is 6.11. The Morgan fingerprint density at radius 1 is 1.41 bits per heavy atom. The molecule has 1 fully saturated rings. The Bertz CT molecular complexity index is 511. The van der Waals surface area contributed by atoms with E-state index in [-0.39, 0.29) is 36.6 Å². The van der Waals surface area contributed by atoms with Crippen LogP contribution < -0.4 is 5.32 Å². The van der Waals surface area contributed by atoms with E-state index in [1.165, 1.54) is 6.07 Å². The Morgan fingerprint density at radius 2 is 2.00 bits per heavy atom. The van der Waals surface area contributed by atoms with Crippen molar-refractivity contribution in [2.24, 2.45) is 0 Å². The average Bonchev–Trinajstić information content (AvgIpc) is 2.43. The van der Waals surface area contributed by atoms with Gasteiger partial charge >= 0.3 is 0 Å². The Hall–Kier alpha value is -0.330. The number of nitrogens with zero attached hydrogens (tertiary/aromatic N) is 1. The highest BCUT2D eigenvalue weighted by Gasteiger charge is 2.27. The molecule has 126 valence electrons. The lowest BCUT2D eigenvalue weighted by Gasteiger charge is -2.36. The lowest BCUT2D eigenvalue weighted by atomic mass is 9.97. The van der Waals surface area contributed by atoms with Crippen LogP contribution in [0.2, 0.25) is 0 Å². The third kappa shape index (κ3) is 5.10. The zero-order valence-electron chi connectivity index (χ0n) is 12.4. The number of halogens is 4. The molecule has 1 atom stereocenters. The van der Waals surface area contributed by atoms with Gasteiger partial charge in [-0.2, -0.15) is 0 Å². The molecule has 1 aliphatic rings. The first-order chi connectivity index (χ1) is 9.50. The van der Waals surface area contributed by atoms with E-state index >= 15 is 0 Å². The quantitative estimate of drug-likeness (QED) is 0.728. The topological polar surface area (TPSA) is 35.5 Å². The molecule has 1 aromatic rings. The van der Waals surface area contributed by atoms with Gasteiger partial charge in [0, 0.05) is 42.3 Å². The minimum atomic E-state index is -0.579. The first-order valence-electron chi connectivity index (χ1n) is 6.76. The number of rotatable bonds is 4. The van der Waals surface area contributed by atoms with Crippen molar-refractivity contribution in [3.63, 3.8) is 0 Å². The van der Waals surface area contributed by atoms with Crippen LogP contribution in [0, 0.1) is 5.82 Å². The number of hydrogen-bond acceptors (Lipinski definition) is 3. The maximum atomic E-state index is 13.7. The van der Waals surface area contributed by atoms with Crippen LogP contribution in [0.4, 0.5) is 4.39 Å². The van der Waals surface area contributed by atoms with Gasteiger partial charge in [0.15, 0.2) is 11.6 Å². The van der Waals surface area contributed by atoms with Gasteiger partial charge in [0.05, 0.1) is 0 Å². The second kappa shape index (κ2) is 9.73. The SMILES string of the molecule is C=C(C)C[C@@H](c1c(Br)ccc(F)c1O)N1CCNCC1.Cl.Cl. The van der Waals surface area contributed by atoms with Gasteiger partial charge in [-0.15, -0.1) is 31.4 Å². The summed E-state index contributed by atoms with van der Waals surface area (Å²) in [6, 6.07) is 2.87. The Balaban J connectivity index is 0.00000220. The first kappa shape index (κ1) is 21.7. The Kier molecular flexibility index (Phi) is 9.58. The van der Waals surface area contributed by atoms with Crippen molar-refractivity contribution in [2.45, 2.75) is 19.4 Å². The fourth-order valence-electron chi connectivity index (χ4n) is 2.61. The number of nitrogens with one attached hydrogen (secondary N) is 1. The van der Waals surface area contributed by atoms with Crippen molar-refractivity contribution in [1.82, 2.24) is 10.2 Å². The van der Waals surface area contributed by atoms with E-state index in [4.69, 9.17) is 0 Å². The van der Waals surface area contributed by atoms with Gasteiger partial charge in [0.1, 0.15) is 0 Å². The lowest BCUT2D eigenvalue weighted by Crippen LogP contribution is -2.45. The predicted octanol–water partition coefficient (Wildman–Crippen LogP) is 4.05. The molecule has 1 aromatic carbocycles. The summed E-state index contributed by atoms with van der Waals surface area (Å²) in [7, 11) is 0. The van der Waals surface area contributed by atoms with E-state index in [9.17, 15) is 9.50 Å². The molecule has 0 unspecified atom stereocenters. The van der Waals surface area contributed by atoms with Crippen LogP contribution in [-0.4, -0.2) is 36.2 Å². The van der Waals surface area contributed by atoms with Gasteiger partial charge in [0.2, 0.25) is 0 Å². The van der Waals surface area contributed by atoms with E-state index < -0.39 is 5.82 Å². The highest BCUT2D eigenvalue weighted by molar-refractivity contribution is 9.10. The molecule has 0 bridgehead atoms. The van der Waals surface area contributed by atoms with Gasteiger partial charge in [-0.05, 0) is 25.5 Å². The molecule has 1 heterocycles. The molecule has 2 rings (SSSR count). The number of phenolic OH excluding ortho intramolecular Hbond substituents is 1. The van der Waals surface area contributed by atoms with E-state index in [0.29, 0.717) is 12.0 Å². The maximum absolute atomic E-state index is 13.7. The zero-order chi connectivity index (χ0) is 14.7. The van der Waals surface area contributed by atoms with Crippen LogP contribution in [0.5, 0.6) is 5.75 Å². The largest absolute Gasteiger partial charge is 0.505 e. The predicted molar refractivity (Wildman–Crippen MR) is 96.9 cm³/mol. The number of piperazine rings is 1. The second-order valence-electron chi connectivity index (χ2n) is 5.25. The van der Waals surface area contributed by atoms with Crippen molar-refractivity contribution in [3.05, 3.63) is 40.1 Å². The summed E-state index contributed by atoms with van der Waals surface area (Å²) in [6.07, 6.45) is 0.704. The third-order valence-electron chi connectivity index (χ3n) is 3.58. The summed E-state index contributed by atoms with van der Waals surface area (Å²) >= 11 is 3.44. The fourth-order valence-corrected chi connectivity index (χ4v) is 3.20. The van der Waals surface area contributed by atoms with Crippen LogP contribution >= 0.6 is 40.7 Å². The highest BCUT2D eigenvalue weighted by Crippen LogP contribution is 2.39. The molecule has 0 radical (unpaired) electrons. The monoisotopic (exact) mass is 414 g/mol. The minimum absolute atomic E-state index is 0. The first-order valence-corrected chi connectivity index (χ1v) is 7.56. The number of benzene rings is 1. The molecule has 0 aromatic heterocycles. The van der Waals surface area contributed by atoms with Crippen molar-refractivity contribution in [1.29, 1.82) is 0 Å². The Labute approximate surface area is 151 Å². The average molecular weight is 416 g/mol. The molecular formula is C15H22BrCl2FN2O. The Morgan fingerprint density at radius 3 is 2.55 bits per heavy atom. The third-order valence-corrected chi connectivity index (χ3v) is 4.27. The van der Waals surface area contributed by atoms with Gasteiger partial charge in [-0.3, -0.25) is 4.90 Å². The molecule has 0 spiro atoms. The molecule has 0 aliphatic carbocycles. The number of phenols is 1. The molecule has 3 nitrogen and oxygen atoms in total. The molecule has 1 saturated heterocycles. The summed E-state index contributed by atoms with van der Waals surface area (Å²) in [5.41, 5.74) is 1.64. The van der Waals surface area contributed by atoms with Crippen molar-refractivity contribution in [2.75, 3.05) is 26.2 Å². The van der Waals surface area contributed by atoms with Gasteiger partial charge in [-0.25, -0.2) is 4.39 Å². The normalized spacial score (nSPS) is 16.3. The number of hydrogen-bond donors (Lipinski definition) is 2. The summed E-state index contributed by atoms with van der Waals surface area (Å²) in [5, 5.41) is 13.4. The molecular weight excluding hydrogens is 394 g/mol. The van der Waals surface area contributed by atoms with E-state index in [1.54, 1.807) is 6.07 Å². The molecule has 22 heavy (non-hydrogen) atoms. The summed E-state index contributed by atoms with van der Waals surface area (Å²) in [6.45, 7) is 9.48. The summed E-state index contributed by atoms with van der Waals surface area (Å²) in [5.74, 6) is -0.839. The van der Waals surface area contributed by atoms with E-state index in [1.807, 2.05) is 6.92 Å². The van der Waals surface area contributed by atoms with E-state index in [2.05, 4.69) is 32.7 Å². The molecule has 0 saturated carbocycles. The van der Waals surface area contributed by atoms with Gasteiger partial charge in [0.25, 0.3) is 0 Å². The molecule has 1 aliphatic heterocycles. The van der Waals surface area contributed by atoms with Crippen LogP contribution in [0.1, 0.15) is 24.9 Å². The summed E-state index contributed by atoms with van der Waals surface area (Å²) < 4.78 is 14.4. The van der Waals surface area contributed by atoms with Crippen molar-refractivity contribution < 1.29 is 9.50 Å². The van der Waals surface area contributed by atoms with Crippen molar-refractivity contribution >= 4 is 40.7 Å². The van der Waals surface area contributed by atoms with E-state index in [0.717, 1.165) is 36.2 Å². The summed E-state index contributed by atoms with van der Waals surface area (Å²) in [4.78, 5) is 2.27. The highest BCUT2D eigenvalue weighted by atomic mass is 79.9. The molecule has 2 N–H and O–H groups in total. The number of aromatic hydroxyl groups is 1. The molecule has 7 heteroatoms. The van der Waals surface area contributed by atoms with Crippen molar-refractivity contribution in [3.8, 4) is 5.75 Å². The van der Waals surface area contributed by atoms with Crippen LogP contribution in [0.3, 0.4) is 0 Å². The lowest BCUT2D eigenvalue weighted by molar-refractivity contribution is 0.168.